The number of imidazole rings is 1. The van der Waals surface area contributed by atoms with Crippen molar-refractivity contribution in [2.75, 3.05) is 25.0 Å². The minimum Gasteiger partial charge on any atom is -0.353 e. The normalized spacial score (nSPS) is 16.7. The number of carbonyl (C=O) groups is 2. The Labute approximate surface area is 203 Å². The van der Waals surface area contributed by atoms with Gasteiger partial charge in [0.2, 0.25) is 5.91 Å². The van der Waals surface area contributed by atoms with E-state index in [1.807, 2.05) is 66.0 Å². The Morgan fingerprint density at radius 1 is 1.14 bits per heavy atom. The maximum absolute atomic E-state index is 13.4. The van der Waals surface area contributed by atoms with E-state index in [1.165, 1.54) is 5.56 Å². The summed E-state index contributed by atoms with van der Waals surface area (Å²) >= 11 is 0. The fraction of sp³-hybridized carbons (Fsp3) is 0.296. The Balaban J connectivity index is 1.36. The zero-order chi connectivity index (χ0) is 24.1. The summed E-state index contributed by atoms with van der Waals surface area (Å²) in [5.74, 6) is 0.926. The van der Waals surface area contributed by atoms with Gasteiger partial charge in [-0.3, -0.25) is 9.59 Å². The van der Waals surface area contributed by atoms with Gasteiger partial charge < -0.3 is 24.3 Å². The second-order valence-corrected chi connectivity index (χ2v) is 9.24. The lowest BCUT2D eigenvalue weighted by Crippen LogP contribution is -2.51. The molecule has 0 saturated heterocycles. The number of para-hydroxylation sites is 2. The molecule has 0 spiro atoms. The second kappa shape index (κ2) is 8.30. The molecule has 2 aliphatic heterocycles. The molecular weight excluding hydrogens is 440 g/mol. The van der Waals surface area contributed by atoms with Crippen molar-refractivity contribution in [1.29, 1.82) is 0 Å². The maximum Gasteiger partial charge on any atom is 0.257 e. The molecular formula is C27H28N6O2. The van der Waals surface area contributed by atoms with Crippen LogP contribution in [-0.4, -0.2) is 51.0 Å². The van der Waals surface area contributed by atoms with Crippen molar-refractivity contribution >= 4 is 28.4 Å². The lowest BCUT2D eigenvalue weighted by Gasteiger charge is -2.46. The highest BCUT2D eigenvalue weighted by Crippen LogP contribution is 2.44. The van der Waals surface area contributed by atoms with E-state index >= 15 is 0 Å². The van der Waals surface area contributed by atoms with E-state index in [1.54, 1.807) is 6.20 Å². The van der Waals surface area contributed by atoms with E-state index in [2.05, 4.69) is 31.9 Å². The predicted molar refractivity (Wildman–Crippen MR) is 134 cm³/mol. The summed E-state index contributed by atoms with van der Waals surface area (Å²) in [6.07, 6.45) is 4.19. The van der Waals surface area contributed by atoms with Gasteiger partial charge in [-0.25, -0.2) is 4.98 Å². The molecule has 2 aromatic heterocycles. The number of amides is 2. The number of nitrogens with zero attached hydrogens (tertiary/aromatic N) is 5. The zero-order valence-electron chi connectivity index (χ0n) is 19.9. The summed E-state index contributed by atoms with van der Waals surface area (Å²) in [5, 5.41) is 4.22. The molecule has 6 rings (SSSR count). The number of benzene rings is 2. The van der Waals surface area contributed by atoms with Crippen LogP contribution in [0.25, 0.3) is 10.9 Å². The molecule has 2 aliphatic rings. The SMILES string of the molecule is Cc1nccn1CCNC(=O)Cn1c2c(c3ccccc31)CCN1C(=O)c3ccccc3N(C)C21. The molecule has 8 heteroatoms. The minimum absolute atomic E-state index is 0.0475. The molecule has 0 bridgehead atoms. The monoisotopic (exact) mass is 468 g/mol. The summed E-state index contributed by atoms with van der Waals surface area (Å²) < 4.78 is 4.13. The number of aromatic nitrogens is 3. The molecule has 0 aliphatic carbocycles. The molecule has 4 heterocycles. The maximum atomic E-state index is 13.4. The van der Waals surface area contributed by atoms with Gasteiger partial charge in [0.05, 0.1) is 16.9 Å². The molecule has 2 aromatic carbocycles. The van der Waals surface area contributed by atoms with Crippen LogP contribution in [0, 0.1) is 6.92 Å². The summed E-state index contributed by atoms with van der Waals surface area (Å²) in [7, 11) is 2.04. The Bertz CT molecular complexity index is 1450. The standard InChI is InChI=1S/C27H28N6O2/c1-18-28-12-15-31(18)16-13-29-24(34)17-33-23-10-6-3-7-19(23)20-11-14-32-26(25(20)33)30(2)22-9-5-4-8-21(22)27(32)35/h3-10,12,15,26H,11,13-14,16-17H2,1-2H3,(H,29,34). The molecule has 4 aromatic rings. The van der Waals surface area contributed by atoms with Crippen molar-refractivity contribution in [3.63, 3.8) is 0 Å². The summed E-state index contributed by atoms with van der Waals surface area (Å²) in [5.41, 5.74) is 4.93. The van der Waals surface area contributed by atoms with Crippen LogP contribution in [0.4, 0.5) is 5.69 Å². The van der Waals surface area contributed by atoms with Crippen LogP contribution in [0.5, 0.6) is 0 Å². The Kier molecular flexibility index (Phi) is 5.09. The molecule has 0 saturated carbocycles. The quantitative estimate of drug-likeness (QED) is 0.488. The van der Waals surface area contributed by atoms with Gasteiger partial charge in [0.15, 0.2) is 0 Å². The number of rotatable bonds is 5. The topological polar surface area (TPSA) is 75.4 Å². The fourth-order valence-electron chi connectivity index (χ4n) is 5.63. The predicted octanol–water partition coefficient (Wildman–Crippen LogP) is 3.11. The highest BCUT2D eigenvalue weighted by molar-refractivity contribution is 6.02. The van der Waals surface area contributed by atoms with E-state index in [-0.39, 0.29) is 24.5 Å². The first-order valence-corrected chi connectivity index (χ1v) is 12.0. The Morgan fingerprint density at radius 2 is 1.94 bits per heavy atom. The number of hydrogen-bond acceptors (Lipinski definition) is 4. The molecule has 1 atom stereocenters. The van der Waals surface area contributed by atoms with Gasteiger partial charge in [-0.1, -0.05) is 30.3 Å². The van der Waals surface area contributed by atoms with Crippen molar-refractivity contribution < 1.29 is 9.59 Å². The smallest absolute Gasteiger partial charge is 0.257 e. The van der Waals surface area contributed by atoms with Crippen LogP contribution in [0.3, 0.4) is 0 Å². The Morgan fingerprint density at radius 3 is 2.77 bits per heavy atom. The van der Waals surface area contributed by atoms with Crippen LogP contribution in [-0.2, 0) is 24.3 Å². The van der Waals surface area contributed by atoms with E-state index in [4.69, 9.17) is 0 Å². The van der Waals surface area contributed by atoms with E-state index in [0.29, 0.717) is 19.6 Å². The molecule has 0 fully saturated rings. The van der Waals surface area contributed by atoms with Gasteiger partial charge in [0.1, 0.15) is 18.5 Å². The first-order chi connectivity index (χ1) is 17.0. The van der Waals surface area contributed by atoms with Crippen LogP contribution >= 0.6 is 0 Å². The summed E-state index contributed by atoms with van der Waals surface area (Å²) in [4.78, 5) is 34.9. The first kappa shape index (κ1) is 21.5. The summed E-state index contributed by atoms with van der Waals surface area (Å²) in [6, 6.07) is 16.0. The average molecular weight is 469 g/mol. The van der Waals surface area contributed by atoms with Crippen molar-refractivity contribution in [2.45, 2.75) is 32.6 Å². The van der Waals surface area contributed by atoms with Gasteiger partial charge in [-0.05, 0) is 37.1 Å². The Hall–Kier alpha value is -4.07. The lowest BCUT2D eigenvalue weighted by molar-refractivity contribution is -0.121. The molecule has 35 heavy (non-hydrogen) atoms. The number of carbonyl (C=O) groups excluding carboxylic acids is 2. The minimum atomic E-state index is -0.255. The van der Waals surface area contributed by atoms with Gasteiger partial charge in [-0.2, -0.15) is 0 Å². The molecule has 8 nitrogen and oxygen atoms in total. The first-order valence-electron chi connectivity index (χ1n) is 12.0. The van der Waals surface area contributed by atoms with Crippen molar-refractivity contribution in [3.8, 4) is 0 Å². The third-order valence-corrected chi connectivity index (χ3v) is 7.30. The van der Waals surface area contributed by atoms with Crippen LogP contribution in [0.2, 0.25) is 0 Å². The van der Waals surface area contributed by atoms with Gasteiger partial charge in [-0.15, -0.1) is 0 Å². The van der Waals surface area contributed by atoms with Gasteiger partial charge in [0, 0.05) is 50.0 Å². The van der Waals surface area contributed by atoms with E-state index < -0.39 is 0 Å². The van der Waals surface area contributed by atoms with Crippen LogP contribution < -0.4 is 10.2 Å². The van der Waals surface area contributed by atoms with Crippen molar-refractivity contribution in [2.24, 2.45) is 0 Å². The van der Waals surface area contributed by atoms with Crippen molar-refractivity contribution in [3.05, 3.63) is 83.6 Å². The number of anilines is 1. The highest BCUT2D eigenvalue weighted by Gasteiger charge is 2.42. The third kappa shape index (κ3) is 3.39. The van der Waals surface area contributed by atoms with Crippen LogP contribution in [0.15, 0.2) is 60.9 Å². The molecule has 1 unspecified atom stereocenters. The van der Waals surface area contributed by atoms with Crippen molar-refractivity contribution in [1.82, 2.24) is 24.3 Å². The zero-order valence-corrected chi connectivity index (χ0v) is 19.9. The number of aryl methyl sites for hydroxylation is 1. The highest BCUT2D eigenvalue weighted by atomic mass is 16.2. The molecule has 178 valence electrons. The van der Waals surface area contributed by atoms with E-state index in [9.17, 15) is 9.59 Å². The second-order valence-electron chi connectivity index (χ2n) is 9.24. The lowest BCUT2D eigenvalue weighted by atomic mass is 9.96. The number of fused-ring (bicyclic) bond motifs is 6. The fourth-order valence-corrected chi connectivity index (χ4v) is 5.63. The molecule has 0 radical (unpaired) electrons. The van der Waals surface area contributed by atoms with Gasteiger partial charge in [0.25, 0.3) is 5.91 Å². The number of hydrogen-bond donors (Lipinski definition) is 1. The largest absolute Gasteiger partial charge is 0.353 e. The summed E-state index contributed by atoms with van der Waals surface area (Å²) in [6.45, 7) is 4.00. The van der Waals surface area contributed by atoms with E-state index in [0.717, 1.165) is 40.1 Å². The van der Waals surface area contributed by atoms with Gasteiger partial charge >= 0.3 is 0 Å². The number of nitrogens with one attached hydrogen (secondary N) is 1. The molecule has 1 N–H and O–H groups in total. The third-order valence-electron chi connectivity index (χ3n) is 7.30. The average Bonchev–Trinajstić information content (AvgIpc) is 3.43. The molecule has 2 amide bonds. The van der Waals surface area contributed by atoms with Crippen LogP contribution in [0.1, 0.15) is 33.6 Å².